The normalized spacial score (nSPS) is 11.3. The number of alkyl halides is 3. The Kier molecular flexibility index (Phi) is 4.60. The van der Waals surface area contributed by atoms with Gasteiger partial charge >= 0.3 is 6.18 Å². The van der Waals surface area contributed by atoms with Crippen LogP contribution in [-0.4, -0.2) is 16.5 Å². The zero-order valence-electron chi connectivity index (χ0n) is 11.5. The topological polar surface area (TPSA) is 75.9 Å². The van der Waals surface area contributed by atoms with E-state index < -0.39 is 11.7 Å². The van der Waals surface area contributed by atoms with Crippen LogP contribution in [0.5, 0.6) is 0 Å². The van der Waals surface area contributed by atoms with Crippen molar-refractivity contribution in [3.63, 3.8) is 0 Å². The van der Waals surface area contributed by atoms with Crippen molar-refractivity contribution in [3.05, 3.63) is 35.1 Å². The fourth-order valence-corrected chi connectivity index (χ4v) is 1.99. The van der Waals surface area contributed by atoms with E-state index in [9.17, 15) is 13.2 Å². The average molecular weight is 332 g/mol. The van der Waals surface area contributed by atoms with E-state index in [4.69, 9.17) is 17.3 Å². The molecule has 0 unspecified atom stereocenters. The van der Waals surface area contributed by atoms with Gasteiger partial charge in [0, 0.05) is 12.2 Å². The SMILES string of the molecule is CCNc1ncnc(Nc2ccc(Cl)c(C(F)(F)F)c2)c1N. The summed E-state index contributed by atoms with van der Waals surface area (Å²) < 4.78 is 38.5. The molecule has 0 atom stereocenters. The summed E-state index contributed by atoms with van der Waals surface area (Å²) in [4.78, 5) is 7.88. The van der Waals surface area contributed by atoms with Crippen LogP contribution in [0.2, 0.25) is 5.02 Å². The second-order valence-corrected chi connectivity index (χ2v) is 4.74. The fraction of sp³-hybridized carbons (Fsp3) is 0.231. The lowest BCUT2D eigenvalue weighted by atomic mass is 10.2. The van der Waals surface area contributed by atoms with Crippen LogP contribution in [0, 0.1) is 0 Å². The molecule has 5 nitrogen and oxygen atoms in total. The van der Waals surface area contributed by atoms with Crippen molar-refractivity contribution in [2.75, 3.05) is 22.9 Å². The summed E-state index contributed by atoms with van der Waals surface area (Å²) in [7, 11) is 0. The number of nitrogens with zero attached hydrogens (tertiary/aromatic N) is 2. The van der Waals surface area contributed by atoms with Gasteiger partial charge in [0.15, 0.2) is 11.6 Å². The molecule has 0 aliphatic carbocycles. The number of anilines is 4. The third-order valence-corrected chi connectivity index (χ3v) is 3.09. The highest BCUT2D eigenvalue weighted by Gasteiger charge is 2.33. The molecule has 2 aromatic rings. The summed E-state index contributed by atoms with van der Waals surface area (Å²) in [5, 5.41) is 5.29. The zero-order valence-corrected chi connectivity index (χ0v) is 12.3. The molecule has 0 amide bonds. The molecule has 0 aliphatic heterocycles. The van der Waals surface area contributed by atoms with Gasteiger partial charge in [-0.25, -0.2) is 9.97 Å². The van der Waals surface area contributed by atoms with E-state index in [1.165, 1.54) is 12.4 Å². The molecule has 0 saturated heterocycles. The first-order chi connectivity index (χ1) is 10.3. The maximum absolute atomic E-state index is 12.8. The number of halogens is 4. The lowest BCUT2D eigenvalue weighted by Crippen LogP contribution is -2.09. The predicted molar refractivity (Wildman–Crippen MR) is 80.3 cm³/mol. The maximum atomic E-state index is 12.8. The number of nitrogen functional groups attached to an aromatic ring is 1. The molecule has 0 bridgehead atoms. The van der Waals surface area contributed by atoms with E-state index in [1.807, 2.05) is 6.92 Å². The molecule has 1 aromatic heterocycles. The smallest absolute Gasteiger partial charge is 0.393 e. The lowest BCUT2D eigenvalue weighted by Gasteiger charge is -2.14. The van der Waals surface area contributed by atoms with Crippen molar-refractivity contribution in [1.82, 2.24) is 9.97 Å². The highest BCUT2D eigenvalue weighted by atomic mass is 35.5. The Morgan fingerprint density at radius 2 is 1.91 bits per heavy atom. The molecule has 0 spiro atoms. The van der Waals surface area contributed by atoms with Crippen LogP contribution in [0.25, 0.3) is 0 Å². The van der Waals surface area contributed by atoms with Crippen LogP contribution < -0.4 is 16.4 Å². The number of nitrogens with two attached hydrogens (primary N) is 1. The van der Waals surface area contributed by atoms with Crippen molar-refractivity contribution in [1.29, 1.82) is 0 Å². The molecular formula is C13H13ClF3N5. The van der Waals surface area contributed by atoms with Gasteiger partial charge in [0.2, 0.25) is 0 Å². The van der Waals surface area contributed by atoms with E-state index in [2.05, 4.69) is 20.6 Å². The number of nitrogens with one attached hydrogen (secondary N) is 2. The van der Waals surface area contributed by atoms with E-state index >= 15 is 0 Å². The number of hydrogen-bond acceptors (Lipinski definition) is 5. The second kappa shape index (κ2) is 6.27. The van der Waals surface area contributed by atoms with Gasteiger partial charge in [0.05, 0.1) is 10.6 Å². The van der Waals surface area contributed by atoms with Gasteiger partial charge in [0.1, 0.15) is 12.0 Å². The fourth-order valence-electron chi connectivity index (χ4n) is 1.76. The highest BCUT2D eigenvalue weighted by Crippen LogP contribution is 2.37. The molecule has 2 rings (SSSR count). The van der Waals surface area contributed by atoms with Gasteiger partial charge in [-0.3, -0.25) is 0 Å². The Balaban J connectivity index is 2.34. The van der Waals surface area contributed by atoms with Crippen LogP contribution in [0.4, 0.5) is 36.2 Å². The third-order valence-electron chi connectivity index (χ3n) is 2.76. The van der Waals surface area contributed by atoms with Gasteiger partial charge in [-0.05, 0) is 25.1 Å². The van der Waals surface area contributed by atoms with Crippen molar-refractivity contribution in [2.24, 2.45) is 0 Å². The molecule has 0 radical (unpaired) electrons. The number of rotatable bonds is 4. The van der Waals surface area contributed by atoms with Crippen molar-refractivity contribution in [2.45, 2.75) is 13.1 Å². The quantitative estimate of drug-likeness (QED) is 0.792. The van der Waals surface area contributed by atoms with Crippen LogP contribution in [0.15, 0.2) is 24.5 Å². The summed E-state index contributed by atoms with van der Waals surface area (Å²) in [6.45, 7) is 2.46. The number of benzene rings is 1. The molecule has 0 fully saturated rings. The molecule has 9 heteroatoms. The van der Waals surface area contributed by atoms with E-state index in [1.54, 1.807) is 0 Å². The molecular weight excluding hydrogens is 319 g/mol. The summed E-state index contributed by atoms with van der Waals surface area (Å²) in [6, 6.07) is 3.47. The van der Waals surface area contributed by atoms with Gasteiger partial charge in [-0.1, -0.05) is 11.6 Å². The van der Waals surface area contributed by atoms with Crippen molar-refractivity contribution in [3.8, 4) is 0 Å². The third kappa shape index (κ3) is 3.51. The summed E-state index contributed by atoms with van der Waals surface area (Å²) in [5.74, 6) is 0.617. The van der Waals surface area contributed by atoms with Gasteiger partial charge in [-0.15, -0.1) is 0 Å². The molecule has 22 heavy (non-hydrogen) atoms. The van der Waals surface area contributed by atoms with Crippen molar-refractivity contribution < 1.29 is 13.2 Å². The monoisotopic (exact) mass is 331 g/mol. The zero-order chi connectivity index (χ0) is 16.3. The van der Waals surface area contributed by atoms with Crippen LogP contribution in [0.3, 0.4) is 0 Å². The molecule has 118 valence electrons. The van der Waals surface area contributed by atoms with Gasteiger partial charge < -0.3 is 16.4 Å². The minimum Gasteiger partial charge on any atom is -0.393 e. The first-order valence-electron chi connectivity index (χ1n) is 6.31. The Morgan fingerprint density at radius 1 is 1.23 bits per heavy atom. The Morgan fingerprint density at radius 3 is 2.55 bits per heavy atom. The largest absolute Gasteiger partial charge is 0.417 e. The second-order valence-electron chi connectivity index (χ2n) is 4.33. The Bertz CT molecular complexity index is 675. The van der Waals surface area contributed by atoms with Crippen LogP contribution in [-0.2, 0) is 6.18 Å². The Hall–Kier alpha value is -2.22. The first-order valence-corrected chi connectivity index (χ1v) is 6.68. The first kappa shape index (κ1) is 16.2. The van der Waals surface area contributed by atoms with Gasteiger partial charge in [0.25, 0.3) is 0 Å². The summed E-state index contributed by atoms with van der Waals surface area (Å²) in [6.07, 6.45) is -3.28. The van der Waals surface area contributed by atoms with Gasteiger partial charge in [-0.2, -0.15) is 13.2 Å². The summed E-state index contributed by atoms with van der Waals surface area (Å²) in [5.41, 5.74) is 5.33. The lowest BCUT2D eigenvalue weighted by molar-refractivity contribution is -0.137. The summed E-state index contributed by atoms with van der Waals surface area (Å²) >= 11 is 5.57. The van der Waals surface area contributed by atoms with Crippen LogP contribution >= 0.6 is 11.6 Å². The van der Waals surface area contributed by atoms with E-state index in [0.717, 1.165) is 12.1 Å². The molecule has 0 saturated carbocycles. The molecule has 0 aliphatic rings. The predicted octanol–water partition coefficient (Wildman–Crippen LogP) is 3.91. The minimum atomic E-state index is -4.54. The minimum absolute atomic E-state index is 0.171. The molecule has 4 N–H and O–H groups in total. The average Bonchev–Trinajstić information content (AvgIpc) is 2.44. The highest BCUT2D eigenvalue weighted by molar-refractivity contribution is 6.31. The van der Waals surface area contributed by atoms with E-state index in [-0.39, 0.29) is 22.2 Å². The molecule has 1 heterocycles. The van der Waals surface area contributed by atoms with E-state index in [0.29, 0.717) is 12.4 Å². The van der Waals surface area contributed by atoms with Crippen LogP contribution in [0.1, 0.15) is 12.5 Å². The van der Waals surface area contributed by atoms with Crippen molar-refractivity contribution >= 4 is 34.6 Å². The standard InChI is InChI=1S/C13H13ClF3N5/c1-2-19-11-10(18)12(21-6-20-11)22-7-3-4-9(14)8(5-7)13(15,16)17/h3-6H,2,18H2,1H3,(H2,19,20,21,22). The number of aromatic nitrogens is 2. The number of hydrogen-bond donors (Lipinski definition) is 3. The maximum Gasteiger partial charge on any atom is 0.417 e. The molecule has 1 aromatic carbocycles. The Labute approximate surface area is 129 Å².